The zero-order chi connectivity index (χ0) is 32.5. The number of allylic oxidation sites excluding steroid dienone is 1. The third-order valence-electron chi connectivity index (χ3n) is 9.32. The lowest BCUT2D eigenvalue weighted by atomic mass is 9.75. The van der Waals surface area contributed by atoms with Gasteiger partial charge in [-0.2, -0.15) is 0 Å². The van der Waals surface area contributed by atoms with Crippen LogP contribution < -0.4 is 5.32 Å². The number of carbonyl (C=O) groups is 2. The standard InChI is InChI=1S/C40H43N3O4/c44-37(31-23-25-35(26-24-31)41-39(46)47-36-21-13-2-1-3-14-22-36)38(45)42-27-29-43(30-28-42)40(32-15-7-4-8-16-32,33-17-9-5-10-18-33)34-19-11-6-12-20-34/h4-13,15-21,23-26,36-37,44H,1-3,14,22,27-30H2,(H,41,46)/b21-13+. The van der Waals surface area contributed by atoms with E-state index in [0.29, 0.717) is 37.4 Å². The summed E-state index contributed by atoms with van der Waals surface area (Å²) in [6, 6.07) is 38.3. The minimum absolute atomic E-state index is 0.229. The van der Waals surface area contributed by atoms with E-state index in [1.807, 2.05) is 24.3 Å². The van der Waals surface area contributed by atoms with Crippen LogP contribution in [0.4, 0.5) is 10.5 Å². The number of ether oxygens (including phenoxy) is 1. The Morgan fingerprint density at radius 1 is 0.723 bits per heavy atom. The summed E-state index contributed by atoms with van der Waals surface area (Å²) in [4.78, 5) is 30.3. The van der Waals surface area contributed by atoms with Gasteiger partial charge in [0.1, 0.15) is 6.10 Å². The molecule has 7 heteroatoms. The molecule has 4 aromatic rings. The van der Waals surface area contributed by atoms with Gasteiger partial charge in [0.25, 0.3) is 5.91 Å². The predicted octanol–water partition coefficient (Wildman–Crippen LogP) is 7.29. The van der Waals surface area contributed by atoms with Crippen LogP contribution >= 0.6 is 0 Å². The first-order chi connectivity index (χ1) is 23.1. The third-order valence-corrected chi connectivity index (χ3v) is 9.32. The molecule has 4 aromatic carbocycles. The maximum Gasteiger partial charge on any atom is 0.412 e. The quantitative estimate of drug-likeness (QED) is 0.158. The highest BCUT2D eigenvalue weighted by atomic mass is 16.6. The number of nitrogens with one attached hydrogen (secondary N) is 1. The molecule has 0 spiro atoms. The van der Waals surface area contributed by atoms with Crippen molar-refractivity contribution >= 4 is 17.7 Å². The Bertz CT molecular complexity index is 1520. The summed E-state index contributed by atoms with van der Waals surface area (Å²) in [6.07, 6.45) is 7.17. The van der Waals surface area contributed by atoms with E-state index in [1.165, 1.54) is 6.42 Å². The summed E-state index contributed by atoms with van der Waals surface area (Å²) in [6.45, 7) is 2.20. The zero-order valence-corrected chi connectivity index (χ0v) is 26.7. The minimum atomic E-state index is -1.30. The summed E-state index contributed by atoms with van der Waals surface area (Å²) in [5.41, 5.74) is 3.96. The summed E-state index contributed by atoms with van der Waals surface area (Å²) >= 11 is 0. The van der Waals surface area contributed by atoms with Crippen LogP contribution in [0.25, 0.3) is 0 Å². The minimum Gasteiger partial charge on any atom is -0.442 e. The van der Waals surface area contributed by atoms with Crippen molar-refractivity contribution in [2.75, 3.05) is 31.5 Å². The number of benzene rings is 4. The molecule has 1 saturated heterocycles. The number of hydrogen-bond donors (Lipinski definition) is 2. The first kappa shape index (κ1) is 32.2. The second kappa shape index (κ2) is 15.2. The average Bonchev–Trinajstić information content (AvgIpc) is 3.11. The maximum atomic E-state index is 13.6. The fraction of sp³-hybridized carbons (Fsp3) is 0.300. The van der Waals surface area contributed by atoms with Gasteiger partial charge in [-0.1, -0.05) is 116 Å². The number of nitrogens with zero attached hydrogens (tertiary/aromatic N) is 2. The fourth-order valence-electron chi connectivity index (χ4n) is 6.92. The second-order valence-electron chi connectivity index (χ2n) is 12.3. The van der Waals surface area contributed by atoms with Crippen molar-refractivity contribution in [3.05, 3.63) is 150 Å². The third kappa shape index (κ3) is 7.32. The summed E-state index contributed by atoms with van der Waals surface area (Å²) in [5.74, 6) is -0.328. The van der Waals surface area contributed by atoms with E-state index < -0.39 is 17.7 Å². The molecule has 1 heterocycles. The molecule has 1 fully saturated rings. The number of carbonyl (C=O) groups excluding carboxylic acids is 2. The van der Waals surface area contributed by atoms with Gasteiger partial charge in [-0.3, -0.25) is 15.0 Å². The monoisotopic (exact) mass is 629 g/mol. The van der Waals surface area contributed by atoms with Crippen LogP contribution in [0.3, 0.4) is 0 Å². The van der Waals surface area contributed by atoms with Gasteiger partial charge in [0, 0.05) is 31.9 Å². The molecule has 1 aliphatic carbocycles. The van der Waals surface area contributed by atoms with E-state index in [9.17, 15) is 14.7 Å². The normalized spacial score (nSPS) is 18.7. The number of aliphatic hydroxyl groups excluding tert-OH is 1. The topological polar surface area (TPSA) is 82.1 Å². The Morgan fingerprint density at radius 2 is 1.28 bits per heavy atom. The van der Waals surface area contributed by atoms with E-state index in [2.05, 4.69) is 89.1 Å². The van der Waals surface area contributed by atoms with Crippen molar-refractivity contribution in [2.24, 2.45) is 0 Å². The van der Waals surface area contributed by atoms with Crippen LogP contribution in [-0.2, 0) is 15.1 Å². The summed E-state index contributed by atoms with van der Waals surface area (Å²) < 4.78 is 5.59. The molecular weight excluding hydrogens is 586 g/mol. The second-order valence-corrected chi connectivity index (χ2v) is 12.3. The average molecular weight is 630 g/mol. The van der Waals surface area contributed by atoms with Crippen molar-refractivity contribution in [1.82, 2.24) is 9.80 Å². The van der Waals surface area contributed by atoms with Gasteiger partial charge in [-0.25, -0.2) is 4.79 Å². The highest BCUT2D eigenvalue weighted by Gasteiger charge is 2.43. The van der Waals surface area contributed by atoms with E-state index in [-0.39, 0.29) is 12.0 Å². The lowest BCUT2D eigenvalue weighted by Gasteiger charge is -2.49. The highest BCUT2D eigenvalue weighted by Crippen LogP contribution is 2.43. The molecule has 2 N–H and O–H groups in total. The van der Waals surface area contributed by atoms with E-state index in [1.54, 1.807) is 29.2 Å². The van der Waals surface area contributed by atoms with Gasteiger partial charge in [0.2, 0.25) is 0 Å². The molecule has 2 atom stereocenters. The number of hydrogen-bond acceptors (Lipinski definition) is 5. The maximum absolute atomic E-state index is 13.6. The van der Waals surface area contributed by atoms with Gasteiger partial charge >= 0.3 is 6.09 Å². The first-order valence-corrected chi connectivity index (χ1v) is 16.7. The van der Waals surface area contributed by atoms with Gasteiger partial charge in [-0.15, -0.1) is 0 Å². The number of aliphatic hydroxyl groups is 1. The number of anilines is 1. The molecule has 6 rings (SSSR count). The molecule has 0 saturated carbocycles. The van der Waals surface area contributed by atoms with Gasteiger partial charge in [-0.05, 0) is 66.1 Å². The first-order valence-electron chi connectivity index (χ1n) is 16.7. The zero-order valence-electron chi connectivity index (χ0n) is 26.7. The van der Waals surface area contributed by atoms with Gasteiger partial charge < -0.3 is 14.7 Å². The SMILES string of the molecule is O=C(Nc1ccc(C(O)C(=O)N2CCN(C(c3ccccc3)(c3ccccc3)c3ccccc3)CC2)cc1)OC1/C=C/CCCCC1. The van der Waals surface area contributed by atoms with Crippen molar-refractivity contribution in [2.45, 2.75) is 49.9 Å². The Morgan fingerprint density at radius 3 is 1.83 bits per heavy atom. The summed E-state index contributed by atoms with van der Waals surface area (Å²) in [7, 11) is 0. The van der Waals surface area contributed by atoms with Gasteiger partial charge in [0.05, 0.1) is 5.54 Å². The molecule has 0 radical (unpaired) electrons. The highest BCUT2D eigenvalue weighted by molar-refractivity contribution is 5.85. The lowest BCUT2D eigenvalue weighted by molar-refractivity contribution is -0.143. The Hall–Kier alpha value is -4.72. The largest absolute Gasteiger partial charge is 0.442 e. The Labute approximate surface area is 277 Å². The molecular formula is C40H43N3O4. The molecule has 47 heavy (non-hydrogen) atoms. The smallest absolute Gasteiger partial charge is 0.412 e. The lowest BCUT2D eigenvalue weighted by Crippen LogP contribution is -2.58. The molecule has 2 aliphatic rings. The molecule has 2 unspecified atom stereocenters. The van der Waals surface area contributed by atoms with Crippen molar-refractivity contribution in [3.8, 4) is 0 Å². The van der Waals surface area contributed by atoms with E-state index >= 15 is 0 Å². The molecule has 1 aliphatic heterocycles. The predicted molar refractivity (Wildman–Crippen MR) is 185 cm³/mol. The van der Waals surface area contributed by atoms with E-state index in [0.717, 1.165) is 42.4 Å². The van der Waals surface area contributed by atoms with Crippen molar-refractivity contribution < 1.29 is 19.4 Å². The van der Waals surface area contributed by atoms with Crippen LogP contribution in [0, 0.1) is 0 Å². The van der Waals surface area contributed by atoms with Crippen LogP contribution in [0.2, 0.25) is 0 Å². The Kier molecular flexibility index (Phi) is 10.5. The van der Waals surface area contributed by atoms with Crippen molar-refractivity contribution in [3.63, 3.8) is 0 Å². The molecule has 0 aromatic heterocycles. The molecule has 242 valence electrons. The van der Waals surface area contributed by atoms with Crippen molar-refractivity contribution in [1.29, 1.82) is 0 Å². The fourth-order valence-corrected chi connectivity index (χ4v) is 6.92. The van der Waals surface area contributed by atoms with Crippen LogP contribution in [-0.4, -0.2) is 59.2 Å². The molecule has 0 bridgehead atoms. The molecule has 2 amide bonds. The number of amides is 2. The van der Waals surface area contributed by atoms with Crippen LogP contribution in [0.1, 0.15) is 60.5 Å². The number of rotatable bonds is 8. The van der Waals surface area contributed by atoms with Gasteiger partial charge in [0.15, 0.2) is 6.10 Å². The van der Waals surface area contributed by atoms with Crippen LogP contribution in [0.15, 0.2) is 127 Å². The summed E-state index contributed by atoms with van der Waals surface area (Å²) in [5, 5.41) is 13.9. The van der Waals surface area contributed by atoms with E-state index in [4.69, 9.17) is 4.74 Å². The van der Waals surface area contributed by atoms with Crippen LogP contribution in [0.5, 0.6) is 0 Å². The number of piperazine rings is 1. The molecule has 7 nitrogen and oxygen atoms in total. The Balaban J connectivity index is 1.13.